The minimum absolute atomic E-state index is 0.0296. The number of ketones is 1. The van der Waals surface area contributed by atoms with Crippen LogP contribution in [0.5, 0.6) is 5.75 Å². The Hall–Kier alpha value is -2.09. The molecule has 86 valence electrons. The van der Waals surface area contributed by atoms with E-state index in [1.807, 2.05) is 43.3 Å². The molecule has 0 fully saturated rings. The monoisotopic (exact) mass is 226 g/mol. The molecule has 2 rings (SSSR count). The maximum atomic E-state index is 12.3. The predicted molar refractivity (Wildman–Crippen MR) is 67.6 cm³/mol. The van der Waals surface area contributed by atoms with Crippen LogP contribution < -0.4 is 4.74 Å². The van der Waals surface area contributed by atoms with Crippen molar-refractivity contribution in [3.8, 4) is 5.75 Å². The summed E-state index contributed by atoms with van der Waals surface area (Å²) in [4.78, 5) is 12.3. The first-order chi connectivity index (χ1) is 8.22. The van der Waals surface area contributed by atoms with Crippen molar-refractivity contribution in [2.24, 2.45) is 0 Å². The van der Waals surface area contributed by atoms with Crippen LogP contribution in [0.4, 0.5) is 0 Å². The highest BCUT2D eigenvalue weighted by Gasteiger charge is 2.11. The molecule has 0 atom stereocenters. The van der Waals surface area contributed by atoms with Crippen molar-refractivity contribution in [3.05, 3.63) is 65.2 Å². The number of aryl methyl sites for hydroxylation is 1. The van der Waals surface area contributed by atoms with E-state index in [1.165, 1.54) is 0 Å². The molecule has 0 aliphatic carbocycles. The SMILES string of the molecule is COc1cccc(C(=O)c2ccccc2C)c1. The van der Waals surface area contributed by atoms with Crippen LogP contribution in [0.25, 0.3) is 0 Å². The van der Waals surface area contributed by atoms with Crippen LogP contribution in [-0.4, -0.2) is 12.9 Å². The van der Waals surface area contributed by atoms with E-state index in [4.69, 9.17) is 4.74 Å². The Balaban J connectivity index is 2.40. The second-order valence-corrected chi connectivity index (χ2v) is 3.88. The topological polar surface area (TPSA) is 26.3 Å². The summed E-state index contributed by atoms with van der Waals surface area (Å²) in [6.07, 6.45) is 0. The van der Waals surface area contributed by atoms with Crippen molar-refractivity contribution in [1.29, 1.82) is 0 Å². The van der Waals surface area contributed by atoms with Crippen molar-refractivity contribution in [2.45, 2.75) is 6.92 Å². The van der Waals surface area contributed by atoms with Crippen molar-refractivity contribution in [2.75, 3.05) is 7.11 Å². The largest absolute Gasteiger partial charge is 0.497 e. The minimum Gasteiger partial charge on any atom is -0.497 e. The molecule has 2 nitrogen and oxygen atoms in total. The fourth-order valence-corrected chi connectivity index (χ4v) is 1.75. The summed E-state index contributed by atoms with van der Waals surface area (Å²) in [6.45, 7) is 1.94. The lowest BCUT2D eigenvalue weighted by molar-refractivity contribution is 0.103. The van der Waals surface area contributed by atoms with E-state index in [1.54, 1.807) is 19.2 Å². The first-order valence-corrected chi connectivity index (χ1v) is 5.47. The molecule has 0 amide bonds. The zero-order valence-electron chi connectivity index (χ0n) is 9.94. The highest BCUT2D eigenvalue weighted by Crippen LogP contribution is 2.18. The summed E-state index contributed by atoms with van der Waals surface area (Å²) in [6, 6.07) is 14.8. The quantitative estimate of drug-likeness (QED) is 0.751. The van der Waals surface area contributed by atoms with Crippen molar-refractivity contribution < 1.29 is 9.53 Å². The number of hydrogen-bond acceptors (Lipinski definition) is 2. The predicted octanol–water partition coefficient (Wildman–Crippen LogP) is 3.23. The van der Waals surface area contributed by atoms with Crippen LogP contribution in [-0.2, 0) is 0 Å². The van der Waals surface area contributed by atoms with Gasteiger partial charge in [0.05, 0.1) is 7.11 Å². The molecule has 2 aromatic carbocycles. The molecule has 0 bridgehead atoms. The molecule has 0 aromatic heterocycles. The van der Waals surface area contributed by atoms with Gasteiger partial charge in [-0.25, -0.2) is 0 Å². The van der Waals surface area contributed by atoms with Gasteiger partial charge in [0.2, 0.25) is 0 Å². The van der Waals surface area contributed by atoms with Gasteiger partial charge in [0.15, 0.2) is 5.78 Å². The van der Waals surface area contributed by atoms with E-state index in [0.717, 1.165) is 11.1 Å². The molecular formula is C15H14O2. The first kappa shape index (κ1) is 11.4. The van der Waals surface area contributed by atoms with Gasteiger partial charge in [-0.05, 0) is 24.6 Å². The molecule has 0 radical (unpaired) electrons. The van der Waals surface area contributed by atoms with Gasteiger partial charge < -0.3 is 4.74 Å². The molecule has 0 spiro atoms. The normalized spacial score (nSPS) is 10.0. The minimum atomic E-state index is 0.0296. The zero-order chi connectivity index (χ0) is 12.3. The molecule has 0 aliphatic rings. The lowest BCUT2D eigenvalue weighted by Crippen LogP contribution is -2.03. The van der Waals surface area contributed by atoms with E-state index in [9.17, 15) is 4.79 Å². The number of carbonyl (C=O) groups excluding carboxylic acids is 1. The van der Waals surface area contributed by atoms with E-state index in [0.29, 0.717) is 11.3 Å². The number of methoxy groups -OCH3 is 1. The molecule has 0 saturated carbocycles. The molecule has 0 unspecified atom stereocenters. The summed E-state index contributed by atoms with van der Waals surface area (Å²) in [5.74, 6) is 0.728. The van der Waals surface area contributed by atoms with E-state index < -0.39 is 0 Å². The molecule has 2 heteroatoms. The van der Waals surface area contributed by atoms with E-state index >= 15 is 0 Å². The number of rotatable bonds is 3. The summed E-state index contributed by atoms with van der Waals surface area (Å²) in [5.41, 5.74) is 2.37. The third kappa shape index (κ3) is 2.36. The van der Waals surface area contributed by atoms with Crippen LogP contribution in [0.2, 0.25) is 0 Å². The molecule has 0 N–H and O–H groups in total. The molecule has 2 aromatic rings. The number of ether oxygens (including phenoxy) is 1. The first-order valence-electron chi connectivity index (χ1n) is 5.47. The van der Waals surface area contributed by atoms with Gasteiger partial charge in [0.1, 0.15) is 5.75 Å². The average molecular weight is 226 g/mol. The second-order valence-electron chi connectivity index (χ2n) is 3.88. The Labute approximate surface area is 101 Å². The Morgan fingerprint density at radius 1 is 1.06 bits per heavy atom. The van der Waals surface area contributed by atoms with Gasteiger partial charge in [-0.15, -0.1) is 0 Å². The van der Waals surface area contributed by atoms with Crippen LogP contribution in [0, 0.1) is 6.92 Å². The second kappa shape index (κ2) is 4.83. The van der Waals surface area contributed by atoms with Gasteiger partial charge in [-0.1, -0.05) is 36.4 Å². The molecule has 0 aliphatic heterocycles. The Bertz CT molecular complexity index is 544. The lowest BCUT2D eigenvalue weighted by atomic mass is 9.99. The van der Waals surface area contributed by atoms with Crippen molar-refractivity contribution >= 4 is 5.78 Å². The maximum Gasteiger partial charge on any atom is 0.193 e. The molecular weight excluding hydrogens is 212 g/mol. The van der Waals surface area contributed by atoms with Crippen LogP contribution in [0.1, 0.15) is 21.5 Å². The van der Waals surface area contributed by atoms with Crippen LogP contribution >= 0.6 is 0 Å². The summed E-state index contributed by atoms with van der Waals surface area (Å²) in [7, 11) is 1.59. The zero-order valence-corrected chi connectivity index (χ0v) is 9.94. The number of hydrogen-bond donors (Lipinski definition) is 0. The lowest BCUT2D eigenvalue weighted by Gasteiger charge is -2.06. The van der Waals surface area contributed by atoms with Crippen LogP contribution in [0.15, 0.2) is 48.5 Å². The summed E-state index contributed by atoms with van der Waals surface area (Å²) >= 11 is 0. The highest BCUT2D eigenvalue weighted by molar-refractivity contribution is 6.10. The number of carbonyl (C=O) groups is 1. The van der Waals surface area contributed by atoms with Gasteiger partial charge in [-0.3, -0.25) is 4.79 Å². The maximum absolute atomic E-state index is 12.3. The third-order valence-corrected chi connectivity index (χ3v) is 2.72. The highest BCUT2D eigenvalue weighted by atomic mass is 16.5. The van der Waals surface area contributed by atoms with Gasteiger partial charge in [-0.2, -0.15) is 0 Å². The molecule has 0 heterocycles. The van der Waals surface area contributed by atoms with E-state index in [-0.39, 0.29) is 5.78 Å². The van der Waals surface area contributed by atoms with Gasteiger partial charge in [0, 0.05) is 11.1 Å². The van der Waals surface area contributed by atoms with Crippen LogP contribution in [0.3, 0.4) is 0 Å². The standard InChI is InChI=1S/C15H14O2/c1-11-6-3-4-9-14(11)15(16)12-7-5-8-13(10-12)17-2/h3-10H,1-2H3. The summed E-state index contributed by atoms with van der Waals surface area (Å²) < 4.78 is 5.12. The fourth-order valence-electron chi connectivity index (χ4n) is 1.75. The molecule has 0 saturated heterocycles. The van der Waals surface area contributed by atoms with Crippen molar-refractivity contribution in [1.82, 2.24) is 0 Å². The Morgan fingerprint density at radius 2 is 1.82 bits per heavy atom. The molecule has 17 heavy (non-hydrogen) atoms. The number of benzene rings is 2. The van der Waals surface area contributed by atoms with Crippen molar-refractivity contribution in [3.63, 3.8) is 0 Å². The summed E-state index contributed by atoms with van der Waals surface area (Å²) in [5, 5.41) is 0. The average Bonchev–Trinajstić information content (AvgIpc) is 2.38. The van der Waals surface area contributed by atoms with E-state index in [2.05, 4.69) is 0 Å². The van der Waals surface area contributed by atoms with Gasteiger partial charge in [0.25, 0.3) is 0 Å². The smallest absolute Gasteiger partial charge is 0.193 e. The third-order valence-electron chi connectivity index (χ3n) is 2.72. The van der Waals surface area contributed by atoms with Gasteiger partial charge >= 0.3 is 0 Å². The Morgan fingerprint density at radius 3 is 2.53 bits per heavy atom. The fraction of sp³-hybridized carbons (Fsp3) is 0.133. The Kier molecular flexibility index (Phi) is 3.24.